The second-order valence-electron chi connectivity index (χ2n) is 9.04. The minimum absolute atomic E-state index is 0. The predicted octanol–water partition coefficient (Wildman–Crippen LogP) is 3.70. The third-order valence-corrected chi connectivity index (χ3v) is 6.05. The molecule has 186 valence electrons. The molecule has 0 aliphatic carbocycles. The van der Waals surface area contributed by atoms with Crippen LogP contribution in [-0.2, 0) is 27.4 Å². The number of amides is 1. The molecule has 8 heteroatoms. The van der Waals surface area contributed by atoms with Gasteiger partial charge < -0.3 is 25.0 Å². The van der Waals surface area contributed by atoms with E-state index in [1.807, 2.05) is 18.7 Å². The second kappa shape index (κ2) is 14.8. The molecule has 33 heavy (non-hydrogen) atoms. The van der Waals surface area contributed by atoms with Crippen LogP contribution in [0, 0.1) is 5.92 Å². The molecule has 2 saturated heterocycles. The Balaban J connectivity index is 0.00000385. The van der Waals surface area contributed by atoms with Crippen molar-refractivity contribution >= 4 is 35.8 Å². The Hall–Kier alpha value is -1.39. The number of likely N-dealkylation sites (tertiary alicyclic amines) is 1. The highest BCUT2D eigenvalue weighted by atomic mass is 127. The average Bonchev–Trinajstić information content (AvgIpc) is 2.82. The lowest BCUT2D eigenvalue weighted by atomic mass is 10.0. The van der Waals surface area contributed by atoms with E-state index in [9.17, 15) is 4.79 Å². The van der Waals surface area contributed by atoms with Gasteiger partial charge in [-0.2, -0.15) is 0 Å². The fourth-order valence-corrected chi connectivity index (χ4v) is 4.17. The molecule has 0 spiro atoms. The molecule has 0 aromatic heterocycles. The second-order valence-corrected chi connectivity index (χ2v) is 9.04. The van der Waals surface area contributed by atoms with Crippen LogP contribution in [0.2, 0.25) is 0 Å². The quantitative estimate of drug-likeness (QED) is 0.283. The van der Waals surface area contributed by atoms with Crippen molar-refractivity contribution < 1.29 is 14.3 Å². The summed E-state index contributed by atoms with van der Waals surface area (Å²) in [5, 5.41) is 6.92. The third-order valence-electron chi connectivity index (χ3n) is 6.05. The van der Waals surface area contributed by atoms with E-state index in [4.69, 9.17) is 14.5 Å². The zero-order valence-corrected chi connectivity index (χ0v) is 22.7. The number of carbonyl (C=O) groups excluding carboxylic acids is 1. The maximum Gasteiger partial charge on any atom is 0.225 e. The minimum atomic E-state index is 0. The number of rotatable bonds is 8. The van der Waals surface area contributed by atoms with Gasteiger partial charge in [0.25, 0.3) is 0 Å². The smallest absolute Gasteiger partial charge is 0.225 e. The van der Waals surface area contributed by atoms with Crippen molar-refractivity contribution in [3.63, 3.8) is 0 Å². The highest BCUT2D eigenvalue weighted by molar-refractivity contribution is 14.0. The summed E-state index contributed by atoms with van der Waals surface area (Å²) in [6.45, 7) is 11.3. The van der Waals surface area contributed by atoms with Crippen molar-refractivity contribution in [2.45, 2.75) is 71.8 Å². The van der Waals surface area contributed by atoms with Crippen LogP contribution in [0.15, 0.2) is 29.3 Å². The molecule has 0 radical (unpaired) electrons. The largest absolute Gasteiger partial charge is 0.381 e. The van der Waals surface area contributed by atoms with Crippen molar-refractivity contribution in [3.8, 4) is 0 Å². The maximum absolute atomic E-state index is 12.2. The van der Waals surface area contributed by atoms with Crippen LogP contribution in [0.4, 0.5) is 0 Å². The molecule has 2 aliphatic heterocycles. The molecule has 2 aliphatic rings. The first-order valence-corrected chi connectivity index (χ1v) is 12.2. The number of halogens is 1. The van der Waals surface area contributed by atoms with Gasteiger partial charge in [0.15, 0.2) is 5.96 Å². The Morgan fingerprint density at radius 3 is 2.55 bits per heavy atom. The first-order valence-electron chi connectivity index (χ1n) is 12.2. The molecule has 2 fully saturated rings. The molecule has 0 saturated carbocycles. The minimum Gasteiger partial charge on any atom is -0.381 e. The van der Waals surface area contributed by atoms with Crippen molar-refractivity contribution in [2.75, 3.05) is 32.8 Å². The van der Waals surface area contributed by atoms with E-state index in [1.165, 1.54) is 11.1 Å². The van der Waals surface area contributed by atoms with Crippen LogP contribution in [0.3, 0.4) is 0 Å². The molecule has 2 heterocycles. The molecular weight excluding hydrogens is 531 g/mol. The Bertz CT molecular complexity index is 745. The van der Waals surface area contributed by atoms with Crippen molar-refractivity contribution in [1.82, 2.24) is 15.5 Å². The topological polar surface area (TPSA) is 75.2 Å². The van der Waals surface area contributed by atoms with Crippen molar-refractivity contribution in [2.24, 2.45) is 10.9 Å². The Morgan fingerprint density at radius 2 is 1.88 bits per heavy atom. The Morgan fingerprint density at radius 1 is 1.18 bits per heavy atom. The van der Waals surface area contributed by atoms with E-state index in [2.05, 4.69) is 41.8 Å². The van der Waals surface area contributed by atoms with Gasteiger partial charge in [-0.15, -0.1) is 24.0 Å². The van der Waals surface area contributed by atoms with Gasteiger partial charge in [0.2, 0.25) is 5.91 Å². The molecule has 0 unspecified atom stereocenters. The van der Waals surface area contributed by atoms with Gasteiger partial charge in [-0.25, -0.2) is 4.99 Å². The molecule has 2 N–H and O–H groups in total. The number of benzene rings is 1. The number of nitrogens with zero attached hydrogens (tertiary/aromatic N) is 2. The number of ether oxygens (including phenoxy) is 2. The van der Waals surface area contributed by atoms with E-state index < -0.39 is 0 Å². The summed E-state index contributed by atoms with van der Waals surface area (Å²) in [6.07, 6.45) is 4.15. The van der Waals surface area contributed by atoms with Gasteiger partial charge in [-0.3, -0.25) is 4.79 Å². The lowest BCUT2D eigenvalue weighted by Crippen LogP contribution is -2.50. The van der Waals surface area contributed by atoms with Gasteiger partial charge in [0.05, 0.1) is 19.3 Å². The predicted molar refractivity (Wildman–Crippen MR) is 143 cm³/mol. The van der Waals surface area contributed by atoms with Gasteiger partial charge in [0, 0.05) is 44.8 Å². The molecule has 0 bridgehead atoms. The first-order chi connectivity index (χ1) is 15.5. The number of carbonyl (C=O) groups is 1. The van der Waals surface area contributed by atoms with Gasteiger partial charge >= 0.3 is 0 Å². The highest BCUT2D eigenvalue weighted by Crippen LogP contribution is 2.15. The fraction of sp³-hybridized carbons (Fsp3) is 0.680. The monoisotopic (exact) mass is 572 g/mol. The third kappa shape index (κ3) is 9.41. The van der Waals surface area contributed by atoms with E-state index in [1.54, 1.807) is 0 Å². The zero-order valence-electron chi connectivity index (χ0n) is 20.3. The highest BCUT2D eigenvalue weighted by Gasteiger charge is 2.24. The van der Waals surface area contributed by atoms with Crippen molar-refractivity contribution in [1.29, 1.82) is 0 Å². The number of guanidine groups is 1. The summed E-state index contributed by atoms with van der Waals surface area (Å²) in [7, 11) is 0. The fourth-order valence-electron chi connectivity index (χ4n) is 4.17. The van der Waals surface area contributed by atoms with Crippen LogP contribution in [0.1, 0.15) is 57.6 Å². The Labute approximate surface area is 216 Å². The van der Waals surface area contributed by atoms with Crippen LogP contribution in [0.25, 0.3) is 0 Å². The number of hydrogen-bond acceptors (Lipinski definition) is 4. The number of piperidine rings is 1. The summed E-state index contributed by atoms with van der Waals surface area (Å²) in [6, 6.07) is 8.82. The maximum atomic E-state index is 12.2. The average molecular weight is 573 g/mol. The summed E-state index contributed by atoms with van der Waals surface area (Å²) in [4.78, 5) is 19.0. The molecule has 1 aromatic carbocycles. The van der Waals surface area contributed by atoms with Crippen LogP contribution >= 0.6 is 24.0 Å². The molecular formula is C25H41IN4O3. The summed E-state index contributed by atoms with van der Waals surface area (Å²) >= 11 is 0. The van der Waals surface area contributed by atoms with Crippen LogP contribution in [-0.4, -0.2) is 61.8 Å². The van der Waals surface area contributed by atoms with E-state index in [0.717, 1.165) is 64.5 Å². The molecule has 1 aromatic rings. The first kappa shape index (κ1) is 27.9. The van der Waals surface area contributed by atoms with E-state index in [-0.39, 0.29) is 35.8 Å². The van der Waals surface area contributed by atoms with Crippen LogP contribution in [0.5, 0.6) is 0 Å². The lowest BCUT2D eigenvalue weighted by molar-refractivity contribution is -0.135. The van der Waals surface area contributed by atoms with Gasteiger partial charge in [0.1, 0.15) is 0 Å². The molecule has 7 nitrogen and oxygen atoms in total. The molecule has 0 atom stereocenters. The molecule has 3 rings (SSSR count). The summed E-state index contributed by atoms with van der Waals surface area (Å²) in [5.41, 5.74) is 2.36. The van der Waals surface area contributed by atoms with Crippen LogP contribution < -0.4 is 10.6 Å². The summed E-state index contributed by atoms with van der Waals surface area (Å²) < 4.78 is 11.5. The lowest BCUT2D eigenvalue weighted by Gasteiger charge is -2.34. The van der Waals surface area contributed by atoms with Crippen molar-refractivity contribution in [3.05, 3.63) is 35.4 Å². The summed E-state index contributed by atoms with van der Waals surface area (Å²) in [5.74, 6) is 1.16. The molecule has 1 amide bonds. The standard InChI is InChI=1S/C25H40N4O3.HI/c1-4-26-25(28-22-8-12-29(13-9-22)24(30)19(2)3)27-17-20-6-5-7-21(16-20)18-32-23-10-14-31-15-11-23;/h5-7,16,19,22-23H,4,8-15,17-18H2,1-3H3,(H2,26,27,28);1H. The normalized spacial score (nSPS) is 18.2. The number of aliphatic imine (C=N–C) groups is 1. The van der Waals surface area contributed by atoms with E-state index in [0.29, 0.717) is 25.3 Å². The van der Waals surface area contributed by atoms with Gasteiger partial charge in [-0.1, -0.05) is 38.1 Å². The van der Waals surface area contributed by atoms with E-state index >= 15 is 0 Å². The SMILES string of the molecule is CCNC(=NCc1cccc(COC2CCOCC2)c1)NC1CCN(C(=O)C(C)C)CC1.I. The van der Waals surface area contributed by atoms with Gasteiger partial charge in [-0.05, 0) is 43.7 Å². The Kier molecular flexibility index (Phi) is 12.5. The zero-order chi connectivity index (χ0) is 22.8. The number of hydrogen-bond donors (Lipinski definition) is 2. The number of nitrogens with one attached hydrogen (secondary N) is 2.